The van der Waals surface area contributed by atoms with E-state index in [9.17, 15) is 9.90 Å². The lowest BCUT2D eigenvalue weighted by Crippen LogP contribution is -2.39. The molecule has 0 radical (unpaired) electrons. The Labute approximate surface area is 78.3 Å². The van der Waals surface area contributed by atoms with Crippen molar-refractivity contribution in [2.45, 2.75) is 19.4 Å². The molecule has 0 saturated heterocycles. The van der Waals surface area contributed by atoms with Crippen molar-refractivity contribution < 1.29 is 14.6 Å². The highest BCUT2D eigenvalue weighted by Gasteiger charge is 2.13. The molecule has 0 unspecified atom stereocenters. The molecule has 5 nitrogen and oxygen atoms in total. The molecule has 0 aromatic heterocycles. The smallest absolute Gasteiger partial charge is 0.246 e. The Morgan fingerprint density at radius 3 is 2.69 bits per heavy atom. The van der Waals surface area contributed by atoms with Crippen molar-refractivity contribution in [2.75, 3.05) is 26.3 Å². The van der Waals surface area contributed by atoms with Crippen molar-refractivity contribution in [3.63, 3.8) is 0 Å². The number of carbonyl (C=O) groups is 1. The number of hydrogen-bond donors (Lipinski definition) is 3. The first-order valence-electron chi connectivity index (χ1n) is 4.22. The molecule has 5 heteroatoms. The predicted molar refractivity (Wildman–Crippen MR) is 49.2 cm³/mol. The Morgan fingerprint density at radius 2 is 2.23 bits per heavy atom. The zero-order chi connectivity index (χ0) is 10.3. The van der Waals surface area contributed by atoms with Gasteiger partial charge in [-0.3, -0.25) is 4.79 Å². The topological polar surface area (TPSA) is 84.6 Å². The molecule has 4 N–H and O–H groups in total. The van der Waals surface area contributed by atoms with Gasteiger partial charge >= 0.3 is 0 Å². The monoisotopic (exact) mass is 190 g/mol. The highest BCUT2D eigenvalue weighted by molar-refractivity contribution is 5.77. The molecular weight excluding hydrogens is 172 g/mol. The van der Waals surface area contributed by atoms with E-state index in [1.54, 1.807) is 13.8 Å². The molecule has 0 atom stereocenters. The van der Waals surface area contributed by atoms with Gasteiger partial charge in [0.05, 0.1) is 12.2 Å². The Hall–Kier alpha value is -0.650. The van der Waals surface area contributed by atoms with Crippen molar-refractivity contribution in [2.24, 2.45) is 5.73 Å². The minimum Gasteiger partial charge on any atom is -0.389 e. The Balaban J connectivity index is 3.41. The van der Waals surface area contributed by atoms with Gasteiger partial charge in [0.25, 0.3) is 0 Å². The Morgan fingerprint density at radius 1 is 1.62 bits per heavy atom. The lowest BCUT2D eigenvalue weighted by molar-refractivity contribution is -0.126. The number of nitrogens with one attached hydrogen (secondary N) is 1. The van der Waals surface area contributed by atoms with Crippen LogP contribution in [0, 0.1) is 0 Å². The van der Waals surface area contributed by atoms with Crippen LogP contribution in [0.25, 0.3) is 0 Å². The van der Waals surface area contributed by atoms with E-state index in [1.165, 1.54) is 0 Å². The van der Waals surface area contributed by atoms with Crippen LogP contribution >= 0.6 is 0 Å². The third kappa shape index (κ3) is 9.26. The fourth-order valence-corrected chi connectivity index (χ4v) is 0.614. The summed E-state index contributed by atoms with van der Waals surface area (Å²) in [5.41, 5.74) is 4.28. The molecule has 0 rings (SSSR count). The van der Waals surface area contributed by atoms with Crippen LogP contribution in [0.2, 0.25) is 0 Å². The molecule has 0 heterocycles. The second-order valence-corrected chi connectivity index (χ2v) is 3.43. The maximum absolute atomic E-state index is 11.0. The van der Waals surface area contributed by atoms with Gasteiger partial charge in [-0.25, -0.2) is 0 Å². The van der Waals surface area contributed by atoms with E-state index in [2.05, 4.69) is 5.32 Å². The molecule has 1 amide bonds. The van der Waals surface area contributed by atoms with Gasteiger partial charge < -0.3 is 20.9 Å². The number of carbonyl (C=O) groups excluding carboxylic acids is 1. The molecule has 13 heavy (non-hydrogen) atoms. The van der Waals surface area contributed by atoms with E-state index in [4.69, 9.17) is 10.5 Å². The minimum atomic E-state index is -0.885. The van der Waals surface area contributed by atoms with Gasteiger partial charge in [-0.2, -0.15) is 0 Å². The Kier molecular flexibility index (Phi) is 5.61. The van der Waals surface area contributed by atoms with Crippen LogP contribution in [0.5, 0.6) is 0 Å². The van der Waals surface area contributed by atoms with Crippen LogP contribution in [-0.4, -0.2) is 42.9 Å². The molecule has 0 aromatic carbocycles. The predicted octanol–water partition coefficient (Wildman–Crippen LogP) is -1.15. The van der Waals surface area contributed by atoms with Crippen molar-refractivity contribution in [1.82, 2.24) is 5.32 Å². The third-order valence-corrected chi connectivity index (χ3v) is 1.21. The molecule has 0 aliphatic heterocycles. The Bertz CT molecular complexity index is 154. The highest BCUT2D eigenvalue weighted by atomic mass is 16.5. The van der Waals surface area contributed by atoms with Crippen LogP contribution in [-0.2, 0) is 9.53 Å². The molecule has 0 spiro atoms. The highest BCUT2D eigenvalue weighted by Crippen LogP contribution is 1.96. The average molecular weight is 190 g/mol. The first-order chi connectivity index (χ1) is 5.95. The summed E-state index contributed by atoms with van der Waals surface area (Å²) in [5.74, 6) is -0.240. The fourth-order valence-electron chi connectivity index (χ4n) is 0.614. The summed E-state index contributed by atoms with van der Waals surface area (Å²) >= 11 is 0. The number of ether oxygens (including phenoxy) is 1. The average Bonchev–Trinajstić information content (AvgIpc) is 2.00. The van der Waals surface area contributed by atoms with Crippen molar-refractivity contribution >= 4 is 5.91 Å². The molecule has 0 fully saturated rings. The molecule has 0 aliphatic carbocycles. The number of nitrogens with two attached hydrogens (primary N) is 1. The van der Waals surface area contributed by atoms with Crippen LogP contribution in [0.1, 0.15) is 13.8 Å². The van der Waals surface area contributed by atoms with Gasteiger partial charge in [0.1, 0.15) is 6.61 Å². The summed E-state index contributed by atoms with van der Waals surface area (Å²) in [7, 11) is 0. The quantitative estimate of drug-likeness (QED) is 0.462. The van der Waals surface area contributed by atoms with Crippen molar-refractivity contribution in [3.05, 3.63) is 0 Å². The van der Waals surface area contributed by atoms with E-state index in [0.29, 0.717) is 13.2 Å². The summed E-state index contributed by atoms with van der Waals surface area (Å²) in [4.78, 5) is 11.0. The van der Waals surface area contributed by atoms with Crippen LogP contribution in [0.4, 0.5) is 0 Å². The maximum Gasteiger partial charge on any atom is 0.246 e. The van der Waals surface area contributed by atoms with Gasteiger partial charge in [-0.1, -0.05) is 0 Å². The summed E-state index contributed by atoms with van der Waals surface area (Å²) in [6.07, 6.45) is 0. The maximum atomic E-state index is 11.0. The molecule has 0 aromatic rings. The summed E-state index contributed by atoms with van der Waals surface area (Å²) in [6.45, 7) is 4.22. The zero-order valence-electron chi connectivity index (χ0n) is 8.17. The van der Waals surface area contributed by atoms with E-state index < -0.39 is 5.60 Å². The van der Waals surface area contributed by atoms with Gasteiger partial charge in [-0.05, 0) is 13.8 Å². The lowest BCUT2D eigenvalue weighted by atomic mass is 10.1. The standard InChI is InChI=1S/C8H18N2O3/c1-8(2,12)6-10-7(11)5-13-4-3-9/h12H,3-6,9H2,1-2H3,(H,10,11). The van der Waals surface area contributed by atoms with Gasteiger partial charge in [0, 0.05) is 13.1 Å². The first kappa shape index (κ1) is 12.3. The van der Waals surface area contributed by atoms with Crippen LogP contribution < -0.4 is 11.1 Å². The lowest BCUT2D eigenvalue weighted by Gasteiger charge is -2.17. The largest absolute Gasteiger partial charge is 0.389 e. The molecule has 0 bridgehead atoms. The second-order valence-electron chi connectivity index (χ2n) is 3.43. The van der Waals surface area contributed by atoms with E-state index in [1.807, 2.05) is 0 Å². The van der Waals surface area contributed by atoms with E-state index in [0.717, 1.165) is 0 Å². The second kappa shape index (κ2) is 5.90. The molecule has 0 aliphatic rings. The van der Waals surface area contributed by atoms with Gasteiger partial charge in [-0.15, -0.1) is 0 Å². The summed E-state index contributed by atoms with van der Waals surface area (Å²) in [5, 5.41) is 11.8. The van der Waals surface area contributed by atoms with Gasteiger partial charge in [0.2, 0.25) is 5.91 Å². The summed E-state index contributed by atoms with van der Waals surface area (Å²) < 4.78 is 4.89. The number of hydrogen-bond acceptors (Lipinski definition) is 4. The normalized spacial score (nSPS) is 11.4. The van der Waals surface area contributed by atoms with Crippen LogP contribution in [0.15, 0.2) is 0 Å². The molecular formula is C8H18N2O3. The first-order valence-corrected chi connectivity index (χ1v) is 4.22. The van der Waals surface area contributed by atoms with Crippen LogP contribution in [0.3, 0.4) is 0 Å². The van der Waals surface area contributed by atoms with E-state index >= 15 is 0 Å². The summed E-state index contributed by atoms with van der Waals surface area (Å²) in [6, 6.07) is 0. The van der Waals surface area contributed by atoms with E-state index in [-0.39, 0.29) is 19.1 Å². The number of aliphatic hydroxyl groups is 1. The van der Waals surface area contributed by atoms with Crippen molar-refractivity contribution in [1.29, 1.82) is 0 Å². The number of amides is 1. The SMILES string of the molecule is CC(C)(O)CNC(=O)COCCN. The van der Waals surface area contributed by atoms with Crippen molar-refractivity contribution in [3.8, 4) is 0 Å². The minimum absolute atomic E-state index is 0.00667. The molecule has 0 saturated carbocycles. The third-order valence-electron chi connectivity index (χ3n) is 1.21. The zero-order valence-corrected chi connectivity index (χ0v) is 8.17. The fraction of sp³-hybridized carbons (Fsp3) is 0.875. The molecule has 78 valence electrons. The number of rotatable bonds is 6. The van der Waals surface area contributed by atoms with Gasteiger partial charge in [0.15, 0.2) is 0 Å².